The second kappa shape index (κ2) is 7.07. The number of carboxylic acids is 1. The van der Waals surface area contributed by atoms with Gasteiger partial charge in [-0.3, -0.25) is 4.79 Å². The fraction of sp³-hybridized carbons (Fsp3) is 0.500. The highest BCUT2D eigenvalue weighted by Gasteiger charge is 2.17. The van der Waals surface area contributed by atoms with E-state index in [9.17, 15) is 4.79 Å². The molecular formula is C14H21NO2. The third kappa shape index (κ3) is 5.50. The van der Waals surface area contributed by atoms with Crippen molar-refractivity contribution < 1.29 is 9.90 Å². The Morgan fingerprint density at radius 3 is 2.41 bits per heavy atom. The van der Waals surface area contributed by atoms with Crippen molar-refractivity contribution in [1.29, 1.82) is 0 Å². The predicted molar refractivity (Wildman–Crippen MR) is 69.0 cm³/mol. The summed E-state index contributed by atoms with van der Waals surface area (Å²) >= 11 is 0. The van der Waals surface area contributed by atoms with Gasteiger partial charge in [0.1, 0.15) is 0 Å². The van der Waals surface area contributed by atoms with E-state index in [1.165, 1.54) is 0 Å². The van der Waals surface area contributed by atoms with E-state index in [4.69, 9.17) is 5.11 Å². The normalized spacial score (nSPS) is 12.6. The van der Waals surface area contributed by atoms with Gasteiger partial charge in [-0.05, 0) is 24.4 Å². The minimum atomic E-state index is -0.731. The Labute approximate surface area is 103 Å². The Bertz CT molecular complexity index is 335. The van der Waals surface area contributed by atoms with Crippen LogP contribution in [0.2, 0.25) is 0 Å². The van der Waals surface area contributed by atoms with Crippen LogP contribution in [0.4, 0.5) is 0 Å². The average Bonchev–Trinajstić information content (AvgIpc) is 2.28. The first kappa shape index (κ1) is 13.7. The van der Waals surface area contributed by atoms with Crippen molar-refractivity contribution in [2.24, 2.45) is 11.8 Å². The van der Waals surface area contributed by atoms with Crippen LogP contribution in [0.15, 0.2) is 30.3 Å². The second-order valence-corrected chi connectivity index (χ2v) is 4.78. The van der Waals surface area contributed by atoms with Crippen LogP contribution >= 0.6 is 0 Å². The van der Waals surface area contributed by atoms with Crippen molar-refractivity contribution in [3.8, 4) is 0 Å². The van der Waals surface area contributed by atoms with E-state index in [2.05, 4.69) is 19.2 Å². The topological polar surface area (TPSA) is 49.3 Å². The van der Waals surface area contributed by atoms with Gasteiger partial charge in [-0.2, -0.15) is 0 Å². The molecule has 0 radical (unpaired) electrons. The molecule has 1 aromatic carbocycles. The summed E-state index contributed by atoms with van der Waals surface area (Å²) in [5.74, 6) is -0.539. The number of carbonyl (C=O) groups is 1. The van der Waals surface area contributed by atoms with E-state index in [-0.39, 0.29) is 5.92 Å². The average molecular weight is 235 g/mol. The van der Waals surface area contributed by atoms with Crippen LogP contribution in [0.25, 0.3) is 0 Å². The number of hydrogen-bond acceptors (Lipinski definition) is 2. The zero-order valence-electron chi connectivity index (χ0n) is 10.5. The Morgan fingerprint density at radius 2 is 1.88 bits per heavy atom. The van der Waals surface area contributed by atoms with Crippen molar-refractivity contribution in [3.63, 3.8) is 0 Å². The Balaban J connectivity index is 2.47. The van der Waals surface area contributed by atoms with E-state index in [1.54, 1.807) is 0 Å². The van der Waals surface area contributed by atoms with Gasteiger partial charge in [0, 0.05) is 6.54 Å². The first-order chi connectivity index (χ1) is 8.09. The molecule has 17 heavy (non-hydrogen) atoms. The highest BCUT2D eigenvalue weighted by atomic mass is 16.4. The second-order valence-electron chi connectivity index (χ2n) is 4.78. The number of hydrogen-bond donors (Lipinski definition) is 2. The molecule has 0 amide bonds. The first-order valence-electron chi connectivity index (χ1n) is 6.07. The van der Waals surface area contributed by atoms with E-state index in [1.807, 2.05) is 30.3 Å². The van der Waals surface area contributed by atoms with Crippen LogP contribution in [0.1, 0.15) is 19.4 Å². The van der Waals surface area contributed by atoms with Crippen LogP contribution < -0.4 is 5.32 Å². The number of carboxylic acid groups (broad SMARTS) is 1. The Kier molecular flexibility index (Phi) is 5.70. The third-order valence-electron chi connectivity index (χ3n) is 2.62. The maximum Gasteiger partial charge on any atom is 0.308 e. The molecule has 2 N–H and O–H groups in total. The molecule has 0 spiro atoms. The highest BCUT2D eigenvalue weighted by Crippen LogP contribution is 2.08. The van der Waals surface area contributed by atoms with Crippen LogP contribution in [0.5, 0.6) is 0 Å². The lowest BCUT2D eigenvalue weighted by molar-refractivity contribution is -0.141. The zero-order valence-corrected chi connectivity index (χ0v) is 10.5. The largest absolute Gasteiger partial charge is 0.481 e. The molecule has 1 atom stereocenters. The van der Waals surface area contributed by atoms with Crippen LogP contribution in [-0.2, 0) is 11.2 Å². The lowest BCUT2D eigenvalue weighted by Crippen LogP contribution is -2.32. The third-order valence-corrected chi connectivity index (χ3v) is 2.62. The fourth-order valence-corrected chi connectivity index (χ4v) is 1.69. The van der Waals surface area contributed by atoms with E-state index in [0.29, 0.717) is 18.9 Å². The van der Waals surface area contributed by atoms with E-state index < -0.39 is 5.97 Å². The quantitative estimate of drug-likeness (QED) is 0.761. The molecule has 0 aliphatic carbocycles. The van der Waals surface area contributed by atoms with Gasteiger partial charge in [0.05, 0.1) is 5.92 Å². The summed E-state index contributed by atoms with van der Waals surface area (Å²) in [6.45, 7) is 5.61. The molecule has 0 fully saturated rings. The maximum atomic E-state index is 11.1. The molecule has 0 bridgehead atoms. The van der Waals surface area contributed by atoms with Crippen LogP contribution in [0.3, 0.4) is 0 Å². The lowest BCUT2D eigenvalue weighted by Gasteiger charge is -2.14. The summed E-state index contributed by atoms with van der Waals surface area (Å²) in [6.07, 6.45) is 0.585. The molecule has 1 unspecified atom stereocenters. The number of rotatable bonds is 7. The molecule has 0 saturated carbocycles. The van der Waals surface area contributed by atoms with Gasteiger partial charge in [-0.15, -0.1) is 0 Å². The zero-order chi connectivity index (χ0) is 12.7. The summed E-state index contributed by atoms with van der Waals surface area (Å²) < 4.78 is 0. The number of benzene rings is 1. The van der Waals surface area contributed by atoms with Crippen molar-refractivity contribution in [2.75, 3.05) is 13.1 Å². The van der Waals surface area contributed by atoms with Gasteiger partial charge >= 0.3 is 5.97 Å². The summed E-state index contributed by atoms with van der Waals surface area (Å²) in [7, 11) is 0. The van der Waals surface area contributed by atoms with Gasteiger partial charge in [0.2, 0.25) is 0 Å². The molecule has 1 rings (SSSR count). The van der Waals surface area contributed by atoms with Crippen LogP contribution in [0, 0.1) is 11.8 Å². The van der Waals surface area contributed by atoms with Gasteiger partial charge < -0.3 is 10.4 Å². The van der Waals surface area contributed by atoms with Crippen molar-refractivity contribution in [3.05, 3.63) is 35.9 Å². The van der Waals surface area contributed by atoms with Gasteiger partial charge in [-0.1, -0.05) is 44.2 Å². The smallest absolute Gasteiger partial charge is 0.308 e. The van der Waals surface area contributed by atoms with Crippen molar-refractivity contribution in [2.45, 2.75) is 20.3 Å². The van der Waals surface area contributed by atoms with Gasteiger partial charge in [-0.25, -0.2) is 0 Å². The summed E-state index contributed by atoms with van der Waals surface area (Å²) in [5.41, 5.74) is 1.08. The summed E-state index contributed by atoms with van der Waals surface area (Å²) in [4.78, 5) is 11.1. The minimum absolute atomic E-state index is 0.351. The summed E-state index contributed by atoms with van der Waals surface area (Å²) in [5, 5.41) is 12.4. The molecule has 94 valence electrons. The SMILES string of the molecule is CC(C)CNCC(Cc1ccccc1)C(=O)O. The van der Waals surface area contributed by atoms with Gasteiger partial charge in [0.15, 0.2) is 0 Å². The first-order valence-corrected chi connectivity index (χ1v) is 6.07. The van der Waals surface area contributed by atoms with Crippen LogP contribution in [-0.4, -0.2) is 24.2 Å². The number of aliphatic carboxylic acids is 1. The molecular weight excluding hydrogens is 214 g/mol. The molecule has 3 heteroatoms. The van der Waals surface area contributed by atoms with E-state index in [0.717, 1.165) is 12.1 Å². The van der Waals surface area contributed by atoms with Gasteiger partial charge in [0.25, 0.3) is 0 Å². The standard InChI is InChI=1S/C14H21NO2/c1-11(2)9-15-10-13(14(16)17)8-12-6-4-3-5-7-12/h3-7,11,13,15H,8-10H2,1-2H3,(H,16,17). The van der Waals surface area contributed by atoms with Crippen molar-refractivity contribution >= 4 is 5.97 Å². The maximum absolute atomic E-state index is 11.1. The molecule has 0 aromatic heterocycles. The Morgan fingerprint density at radius 1 is 1.24 bits per heavy atom. The molecule has 0 saturated heterocycles. The molecule has 0 aliphatic heterocycles. The van der Waals surface area contributed by atoms with E-state index >= 15 is 0 Å². The molecule has 0 heterocycles. The fourth-order valence-electron chi connectivity index (χ4n) is 1.69. The summed E-state index contributed by atoms with van der Waals surface area (Å²) in [6, 6.07) is 9.76. The molecule has 3 nitrogen and oxygen atoms in total. The Hall–Kier alpha value is -1.35. The minimum Gasteiger partial charge on any atom is -0.481 e. The predicted octanol–water partition coefficient (Wildman–Crippen LogP) is 2.18. The molecule has 1 aromatic rings. The number of nitrogens with one attached hydrogen (secondary N) is 1. The highest BCUT2D eigenvalue weighted by molar-refractivity contribution is 5.70. The molecule has 0 aliphatic rings. The lowest BCUT2D eigenvalue weighted by atomic mass is 9.99. The van der Waals surface area contributed by atoms with Crippen molar-refractivity contribution in [1.82, 2.24) is 5.32 Å². The monoisotopic (exact) mass is 235 g/mol.